The number of carbonyl (C=O) groups excluding carboxylic acids is 3. The Morgan fingerprint density at radius 1 is 1.09 bits per heavy atom. The molecule has 1 aliphatic rings. The molecule has 11 nitrogen and oxygen atoms in total. The summed E-state index contributed by atoms with van der Waals surface area (Å²) in [6.07, 6.45) is 5.57. The van der Waals surface area contributed by atoms with E-state index in [1.54, 1.807) is 18.5 Å². The van der Waals surface area contributed by atoms with Crippen molar-refractivity contribution in [2.45, 2.75) is 96.0 Å². The predicted octanol–water partition coefficient (Wildman–Crippen LogP) is 5.04. The SMILES string of the molecule is CCCC(=O)Nc1c(-c2cc(C)cc(C)c2)cccc1S(=O)(=O)NC(CCCc1nc[nH]c1C)C(=O)OC(=O)C1CCCCN1.Cl. The third-order valence-corrected chi connectivity index (χ3v) is 9.32. The number of anilines is 1. The second-order valence-electron chi connectivity index (χ2n) is 11.6. The van der Waals surface area contributed by atoms with Crippen molar-refractivity contribution in [3.05, 3.63) is 65.2 Å². The summed E-state index contributed by atoms with van der Waals surface area (Å²) in [6.45, 7) is 8.26. The normalized spacial score (nSPS) is 15.4. The number of rotatable bonds is 13. The van der Waals surface area contributed by atoms with Crippen molar-refractivity contribution in [2.75, 3.05) is 11.9 Å². The topological polar surface area (TPSA) is 159 Å². The number of aromatic amines is 1. The van der Waals surface area contributed by atoms with Gasteiger partial charge in [-0.05, 0) is 77.5 Å². The third-order valence-electron chi connectivity index (χ3n) is 7.81. The van der Waals surface area contributed by atoms with Gasteiger partial charge in [0.05, 0.1) is 17.7 Å². The molecule has 1 aliphatic heterocycles. The van der Waals surface area contributed by atoms with E-state index in [9.17, 15) is 22.8 Å². The number of aryl methyl sites for hydroxylation is 4. The van der Waals surface area contributed by atoms with Gasteiger partial charge in [0.1, 0.15) is 17.0 Å². The van der Waals surface area contributed by atoms with Crippen LogP contribution in [-0.2, 0) is 35.6 Å². The van der Waals surface area contributed by atoms with Crippen LogP contribution in [0.2, 0.25) is 0 Å². The van der Waals surface area contributed by atoms with Gasteiger partial charge in [-0.1, -0.05) is 54.8 Å². The van der Waals surface area contributed by atoms with Gasteiger partial charge < -0.3 is 20.4 Å². The molecule has 0 aliphatic carbocycles. The number of piperidine rings is 1. The maximum Gasteiger partial charge on any atom is 0.331 e. The van der Waals surface area contributed by atoms with Crippen LogP contribution in [0, 0.1) is 20.8 Å². The lowest BCUT2D eigenvalue weighted by Crippen LogP contribution is -2.46. The maximum atomic E-state index is 14.1. The van der Waals surface area contributed by atoms with Gasteiger partial charge in [-0.2, -0.15) is 4.72 Å². The number of carbonyl (C=O) groups is 3. The highest BCUT2D eigenvalue weighted by Gasteiger charge is 2.33. The van der Waals surface area contributed by atoms with Crippen LogP contribution in [0.15, 0.2) is 47.6 Å². The number of ether oxygens (including phenoxy) is 1. The molecule has 2 heterocycles. The Balaban J connectivity index is 0.00000576. The second kappa shape index (κ2) is 16.8. The van der Waals surface area contributed by atoms with Gasteiger partial charge in [-0.15, -0.1) is 12.4 Å². The van der Waals surface area contributed by atoms with Gasteiger partial charge in [-0.3, -0.25) is 4.79 Å². The maximum absolute atomic E-state index is 14.1. The molecule has 2 atom stereocenters. The summed E-state index contributed by atoms with van der Waals surface area (Å²) in [4.78, 5) is 46.1. The summed E-state index contributed by atoms with van der Waals surface area (Å²) in [7, 11) is -4.41. The van der Waals surface area contributed by atoms with Crippen LogP contribution >= 0.6 is 12.4 Å². The summed E-state index contributed by atoms with van der Waals surface area (Å²) >= 11 is 0. The van der Waals surface area contributed by atoms with Gasteiger partial charge >= 0.3 is 11.9 Å². The lowest BCUT2D eigenvalue weighted by atomic mass is 9.99. The predicted molar refractivity (Wildman–Crippen MR) is 179 cm³/mol. The summed E-state index contributed by atoms with van der Waals surface area (Å²) in [6, 6.07) is 8.61. The fourth-order valence-electron chi connectivity index (χ4n) is 5.57. The lowest BCUT2D eigenvalue weighted by Gasteiger charge is -2.23. The molecule has 250 valence electrons. The van der Waals surface area contributed by atoms with Crippen molar-refractivity contribution in [3.63, 3.8) is 0 Å². The number of amides is 1. The molecule has 1 fully saturated rings. The van der Waals surface area contributed by atoms with Crippen LogP contribution < -0.4 is 15.4 Å². The number of para-hydroxylation sites is 1. The van der Waals surface area contributed by atoms with Gasteiger partial charge in [0.25, 0.3) is 0 Å². The molecule has 3 aromatic rings. The number of hydrogen-bond donors (Lipinski definition) is 4. The number of nitrogens with one attached hydrogen (secondary N) is 4. The zero-order chi connectivity index (χ0) is 32.6. The van der Waals surface area contributed by atoms with Crippen molar-refractivity contribution in [1.82, 2.24) is 20.0 Å². The van der Waals surface area contributed by atoms with Crippen molar-refractivity contribution in [1.29, 1.82) is 0 Å². The number of sulfonamides is 1. The van der Waals surface area contributed by atoms with Crippen molar-refractivity contribution >= 4 is 46.0 Å². The first-order chi connectivity index (χ1) is 21.5. The van der Waals surface area contributed by atoms with Crippen LogP contribution in [-0.4, -0.2) is 54.9 Å². The van der Waals surface area contributed by atoms with E-state index in [0.29, 0.717) is 37.8 Å². The fourth-order valence-corrected chi connectivity index (χ4v) is 6.97. The van der Waals surface area contributed by atoms with Gasteiger partial charge in [0.2, 0.25) is 15.9 Å². The highest BCUT2D eigenvalue weighted by atomic mass is 35.5. The van der Waals surface area contributed by atoms with Gasteiger partial charge in [0.15, 0.2) is 0 Å². The minimum Gasteiger partial charge on any atom is -0.391 e. The summed E-state index contributed by atoms with van der Waals surface area (Å²) in [5, 5.41) is 5.87. The monoisotopic (exact) mass is 673 g/mol. The van der Waals surface area contributed by atoms with Crippen LogP contribution in [0.3, 0.4) is 0 Å². The molecule has 4 N–H and O–H groups in total. The molecule has 13 heteroatoms. The molecule has 0 radical (unpaired) electrons. The first-order valence-corrected chi connectivity index (χ1v) is 17.0. The molecule has 46 heavy (non-hydrogen) atoms. The Kier molecular flexibility index (Phi) is 13.5. The van der Waals surface area contributed by atoms with E-state index in [1.807, 2.05) is 45.9 Å². The molecular formula is C33H44ClN5O6S. The van der Waals surface area contributed by atoms with E-state index < -0.39 is 34.0 Å². The van der Waals surface area contributed by atoms with E-state index in [4.69, 9.17) is 4.74 Å². The first kappa shape index (κ1) is 36.9. The fraction of sp³-hybridized carbons (Fsp3) is 0.455. The molecule has 4 rings (SSSR count). The number of imidazole rings is 1. The number of halogens is 1. The Hall–Kier alpha value is -3.58. The zero-order valence-corrected chi connectivity index (χ0v) is 28.4. The van der Waals surface area contributed by atoms with Gasteiger partial charge in [-0.25, -0.2) is 23.0 Å². The highest BCUT2D eigenvalue weighted by Crippen LogP contribution is 2.35. The molecule has 2 aromatic carbocycles. The minimum atomic E-state index is -4.41. The first-order valence-electron chi connectivity index (χ1n) is 15.5. The Bertz CT molecular complexity index is 1610. The summed E-state index contributed by atoms with van der Waals surface area (Å²) < 4.78 is 35.9. The number of aromatic nitrogens is 2. The summed E-state index contributed by atoms with van der Waals surface area (Å²) in [5.41, 5.74) is 5.03. The van der Waals surface area contributed by atoms with Crippen LogP contribution in [0.5, 0.6) is 0 Å². The molecule has 2 unspecified atom stereocenters. The highest BCUT2D eigenvalue weighted by molar-refractivity contribution is 7.89. The zero-order valence-electron chi connectivity index (χ0n) is 26.8. The van der Waals surface area contributed by atoms with E-state index in [0.717, 1.165) is 40.9 Å². The molecule has 0 bridgehead atoms. The van der Waals surface area contributed by atoms with Crippen molar-refractivity contribution in [2.24, 2.45) is 0 Å². The van der Waals surface area contributed by atoms with Crippen LogP contribution in [0.1, 0.15) is 74.4 Å². The average Bonchev–Trinajstić information content (AvgIpc) is 3.40. The molecule has 1 aromatic heterocycles. The van der Waals surface area contributed by atoms with Crippen molar-refractivity contribution < 1.29 is 27.5 Å². The largest absolute Gasteiger partial charge is 0.391 e. The molecule has 1 amide bonds. The van der Waals surface area contributed by atoms with E-state index in [1.165, 1.54) is 6.07 Å². The van der Waals surface area contributed by atoms with Crippen molar-refractivity contribution in [3.8, 4) is 11.1 Å². The Morgan fingerprint density at radius 3 is 2.46 bits per heavy atom. The molecule has 0 saturated carbocycles. The number of esters is 2. The number of H-pyrrole nitrogens is 1. The standard InChI is InChI=1S/C33H43N5O6S.ClH/c1-5-10-30(39)37-31-25(24-18-21(2)17-22(3)19-24)11-8-15-29(31)45(42,43)38-28(14-9-13-26-23(4)35-20-36-26)33(41)44-32(40)27-12-6-7-16-34-27;/h8,11,15,17-20,27-28,34,38H,5-7,9-10,12-14,16H2,1-4H3,(H,35,36)(H,37,39);1H. The van der Waals surface area contributed by atoms with E-state index in [-0.39, 0.29) is 41.7 Å². The molecular weight excluding hydrogens is 630 g/mol. The van der Waals surface area contributed by atoms with E-state index >= 15 is 0 Å². The second-order valence-corrected chi connectivity index (χ2v) is 13.3. The number of nitrogens with zero attached hydrogens (tertiary/aromatic N) is 1. The molecule has 0 spiro atoms. The quantitative estimate of drug-likeness (QED) is 0.145. The van der Waals surface area contributed by atoms with Gasteiger partial charge in [0, 0.05) is 17.7 Å². The average molecular weight is 674 g/mol. The lowest BCUT2D eigenvalue weighted by molar-refractivity contribution is -0.162. The Morgan fingerprint density at radius 2 is 1.83 bits per heavy atom. The Labute approximate surface area is 277 Å². The van der Waals surface area contributed by atoms with E-state index in [2.05, 4.69) is 25.3 Å². The summed E-state index contributed by atoms with van der Waals surface area (Å²) in [5.74, 6) is -2.03. The van der Waals surface area contributed by atoms with Crippen LogP contribution in [0.4, 0.5) is 5.69 Å². The minimum absolute atomic E-state index is 0. The third kappa shape index (κ3) is 9.71. The molecule has 1 saturated heterocycles. The number of hydrogen-bond acceptors (Lipinski definition) is 8. The van der Waals surface area contributed by atoms with Crippen LogP contribution in [0.25, 0.3) is 11.1 Å². The number of benzene rings is 2. The smallest absolute Gasteiger partial charge is 0.331 e.